The largest absolute Gasteiger partial charge is 0.349 e. The van der Waals surface area contributed by atoms with Gasteiger partial charge < -0.3 is 11.1 Å². The maximum Gasteiger partial charge on any atom is 0.251 e. The average molecular weight is 258 g/mol. The van der Waals surface area contributed by atoms with Crippen molar-refractivity contribution in [2.45, 2.75) is 56.5 Å². The zero-order chi connectivity index (χ0) is 13.3. The molecule has 2 fully saturated rings. The van der Waals surface area contributed by atoms with Gasteiger partial charge in [0.15, 0.2) is 0 Å². The summed E-state index contributed by atoms with van der Waals surface area (Å²) in [7, 11) is 0. The summed E-state index contributed by atoms with van der Waals surface area (Å²) >= 11 is 0. The molecule has 0 unspecified atom stereocenters. The van der Waals surface area contributed by atoms with Crippen LogP contribution in [0.4, 0.5) is 0 Å². The summed E-state index contributed by atoms with van der Waals surface area (Å²) in [5, 5.41) is 3.14. The second kappa shape index (κ2) is 4.97. The van der Waals surface area contributed by atoms with Crippen molar-refractivity contribution in [3.05, 3.63) is 35.4 Å². The Morgan fingerprint density at radius 3 is 2.32 bits per heavy atom. The number of rotatable bonds is 3. The fourth-order valence-corrected chi connectivity index (χ4v) is 2.89. The van der Waals surface area contributed by atoms with Crippen LogP contribution in [0.5, 0.6) is 0 Å². The molecule has 1 aromatic carbocycles. The Bertz CT molecular complexity index is 456. The third-order valence-electron chi connectivity index (χ3n) is 4.45. The molecule has 0 aliphatic heterocycles. The minimum atomic E-state index is -0.113. The average Bonchev–Trinajstić information content (AvgIpc) is 3.19. The lowest BCUT2D eigenvalue weighted by atomic mass is 9.95. The van der Waals surface area contributed by atoms with Gasteiger partial charge >= 0.3 is 0 Å². The maximum atomic E-state index is 12.1. The van der Waals surface area contributed by atoms with Crippen LogP contribution in [0.2, 0.25) is 0 Å². The predicted octanol–water partition coefficient (Wildman–Crippen LogP) is 2.70. The van der Waals surface area contributed by atoms with Crippen molar-refractivity contribution >= 4 is 5.91 Å². The third-order valence-corrected chi connectivity index (χ3v) is 4.45. The lowest BCUT2D eigenvalue weighted by molar-refractivity contribution is 0.0927. The van der Waals surface area contributed by atoms with Crippen LogP contribution in [0.1, 0.15) is 60.9 Å². The molecular formula is C16H22N2O. The molecule has 0 bridgehead atoms. The number of carbonyl (C=O) groups excluding carboxylic acids is 1. The van der Waals surface area contributed by atoms with Crippen molar-refractivity contribution in [1.29, 1.82) is 0 Å². The predicted molar refractivity (Wildman–Crippen MR) is 75.9 cm³/mol. The highest BCUT2D eigenvalue weighted by atomic mass is 16.1. The summed E-state index contributed by atoms with van der Waals surface area (Å²) in [5.41, 5.74) is 7.93. The molecule has 19 heavy (non-hydrogen) atoms. The monoisotopic (exact) mass is 258 g/mol. The fourth-order valence-electron chi connectivity index (χ4n) is 2.89. The first-order valence-electron chi connectivity index (χ1n) is 7.38. The van der Waals surface area contributed by atoms with E-state index in [1.807, 2.05) is 24.3 Å². The van der Waals surface area contributed by atoms with Gasteiger partial charge in [-0.3, -0.25) is 4.79 Å². The fraction of sp³-hybridized carbons (Fsp3) is 0.562. The summed E-state index contributed by atoms with van der Waals surface area (Å²) in [4.78, 5) is 12.1. The van der Waals surface area contributed by atoms with Crippen LogP contribution < -0.4 is 11.1 Å². The molecule has 0 saturated heterocycles. The van der Waals surface area contributed by atoms with Gasteiger partial charge in [0.2, 0.25) is 0 Å². The lowest BCUT2D eigenvalue weighted by Gasteiger charge is -2.22. The summed E-state index contributed by atoms with van der Waals surface area (Å²) in [6.07, 6.45) is 8.13. The zero-order valence-corrected chi connectivity index (χ0v) is 11.3. The summed E-state index contributed by atoms with van der Waals surface area (Å²) in [5.74, 6) is 0.0559. The third kappa shape index (κ3) is 2.81. The molecule has 0 radical (unpaired) electrons. The molecule has 3 heteroatoms. The molecule has 0 atom stereocenters. The number of benzene rings is 1. The number of hydrogen-bond acceptors (Lipinski definition) is 2. The van der Waals surface area contributed by atoms with Crippen LogP contribution >= 0.6 is 0 Å². The molecule has 0 aromatic heterocycles. The highest BCUT2D eigenvalue weighted by Gasteiger charge is 2.39. The number of nitrogens with one attached hydrogen (secondary N) is 1. The molecule has 102 valence electrons. The van der Waals surface area contributed by atoms with Crippen LogP contribution in [-0.4, -0.2) is 11.9 Å². The minimum absolute atomic E-state index is 0.0559. The number of hydrogen-bond donors (Lipinski definition) is 2. The Morgan fingerprint density at radius 1 is 1.11 bits per heavy atom. The second-order valence-corrected chi connectivity index (χ2v) is 6.04. The van der Waals surface area contributed by atoms with Crippen molar-refractivity contribution in [2.75, 3.05) is 0 Å². The van der Waals surface area contributed by atoms with E-state index < -0.39 is 0 Å². The molecule has 1 amide bonds. The molecule has 3 nitrogen and oxygen atoms in total. The van der Waals surface area contributed by atoms with Crippen LogP contribution in [-0.2, 0) is 5.54 Å². The molecule has 0 heterocycles. The van der Waals surface area contributed by atoms with Crippen LogP contribution in [0.3, 0.4) is 0 Å². The Balaban J connectivity index is 1.63. The van der Waals surface area contributed by atoms with Gasteiger partial charge in [-0.15, -0.1) is 0 Å². The summed E-state index contributed by atoms with van der Waals surface area (Å²) < 4.78 is 0. The van der Waals surface area contributed by atoms with Gasteiger partial charge in [0.25, 0.3) is 5.91 Å². The zero-order valence-electron chi connectivity index (χ0n) is 11.3. The van der Waals surface area contributed by atoms with Gasteiger partial charge in [-0.25, -0.2) is 0 Å². The molecule has 3 N–H and O–H groups in total. The van der Waals surface area contributed by atoms with E-state index in [9.17, 15) is 4.79 Å². The lowest BCUT2D eigenvalue weighted by Crippen LogP contribution is -2.36. The number of amides is 1. The van der Waals surface area contributed by atoms with E-state index in [0.29, 0.717) is 6.04 Å². The molecule has 3 rings (SSSR count). The molecule has 2 saturated carbocycles. The van der Waals surface area contributed by atoms with Crippen molar-refractivity contribution in [2.24, 2.45) is 5.73 Å². The molecule has 2 aliphatic carbocycles. The molecular weight excluding hydrogens is 236 g/mol. The molecule has 1 aromatic rings. The SMILES string of the molecule is NC1(c2ccc(C(=O)NC3CCCCC3)cc2)CC1. The first-order valence-corrected chi connectivity index (χ1v) is 7.38. The van der Waals surface area contributed by atoms with E-state index in [1.54, 1.807) is 0 Å². The van der Waals surface area contributed by atoms with Gasteiger partial charge in [0.1, 0.15) is 0 Å². The van der Waals surface area contributed by atoms with Crippen molar-refractivity contribution in [1.82, 2.24) is 5.32 Å². The van der Waals surface area contributed by atoms with E-state index in [2.05, 4.69) is 5.32 Å². The Morgan fingerprint density at radius 2 is 1.74 bits per heavy atom. The Hall–Kier alpha value is -1.35. The first kappa shape index (κ1) is 12.7. The van der Waals surface area contributed by atoms with Crippen molar-refractivity contribution in [3.8, 4) is 0 Å². The first-order chi connectivity index (χ1) is 9.17. The smallest absolute Gasteiger partial charge is 0.251 e. The summed E-state index contributed by atoms with van der Waals surface area (Å²) in [6.45, 7) is 0. The Labute approximate surface area is 114 Å². The molecule has 0 spiro atoms. The van der Waals surface area contributed by atoms with E-state index in [-0.39, 0.29) is 11.4 Å². The van der Waals surface area contributed by atoms with E-state index in [0.717, 1.165) is 36.8 Å². The Kier molecular flexibility index (Phi) is 3.31. The topological polar surface area (TPSA) is 55.1 Å². The quantitative estimate of drug-likeness (QED) is 0.875. The van der Waals surface area contributed by atoms with Crippen molar-refractivity contribution in [3.63, 3.8) is 0 Å². The van der Waals surface area contributed by atoms with Crippen LogP contribution in [0.15, 0.2) is 24.3 Å². The van der Waals surface area contributed by atoms with Crippen LogP contribution in [0, 0.1) is 0 Å². The van der Waals surface area contributed by atoms with E-state index >= 15 is 0 Å². The normalized spacial score (nSPS) is 21.9. The second-order valence-electron chi connectivity index (χ2n) is 6.04. The van der Waals surface area contributed by atoms with Gasteiger partial charge in [-0.05, 0) is 43.4 Å². The van der Waals surface area contributed by atoms with Gasteiger partial charge in [-0.2, -0.15) is 0 Å². The van der Waals surface area contributed by atoms with Gasteiger partial charge in [0.05, 0.1) is 0 Å². The molecule has 2 aliphatic rings. The van der Waals surface area contributed by atoms with E-state index in [4.69, 9.17) is 5.73 Å². The summed E-state index contributed by atoms with van der Waals surface area (Å²) in [6, 6.07) is 8.18. The van der Waals surface area contributed by atoms with Crippen molar-refractivity contribution < 1.29 is 4.79 Å². The van der Waals surface area contributed by atoms with E-state index in [1.165, 1.54) is 19.3 Å². The van der Waals surface area contributed by atoms with Gasteiger partial charge in [0, 0.05) is 17.1 Å². The highest BCUT2D eigenvalue weighted by molar-refractivity contribution is 5.94. The standard InChI is InChI=1S/C16H22N2O/c17-16(10-11-16)13-8-6-12(7-9-13)15(19)18-14-4-2-1-3-5-14/h6-9,14H,1-5,10-11,17H2,(H,18,19). The maximum absolute atomic E-state index is 12.1. The number of nitrogens with two attached hydrogens (primary N) is 1. The number of carbonyl (C=O) groups is 1. The minimum Gasteiger partial charge on any atom is -0.349 e. The highest BCUT2D eigenvalue weighted by Crippen LogP contribution is 2.42. The van der Waals surface area contributed by atoms with Crippen LogP contribution in [0.25, 0.3) is 0 Å². The van der Waals surface area contributed by atoms with Gasteiger partial charge in [-0.1, -0.05) is 31.4 Å².